The van der Waals surface area contributed by atoms with E-state index in [0.29, 0.717) is 48.7 Å². The maximum absolute atomic E-state index is 10.7. The summed E-state index contributed by atoms with van der Waals surface area (Å²) in [4.78, 5) is 21.3. The number of hydrogen-bond donors (Lipinski definition) is 4. The Morgan fingerprint density at radius 1 is 0.405 bits per heavy atom. The Balaban J connectivity index is -0.000000140. The van der Waals surface area contributed by atoms with E-state index in [1.807, 2.05) is 13.8 Å². The zero-order valence-corrected chi connectivity index (χ0v) is 32.3. The SMILES string of the molecule is CC(C)C[Si](O)(CC(C)C)CC(C)C.CC(C)C[Si](O)(CC(C)C)CC(C)C.CCCO.CCCO.[Zr]. The van der Waals surface area contributed by atoms with Gasteiger partial charge in [-0.1, -0.05) is 96.9 Å². The Morgan fingerprint density at radius 2 is 0.514 bits per heavy atom. The molecule has 0 aliphatic rings. The molecule has 0 aliphatic heterocycles. The van der Waals surface area contributed by atoms with Crippen molar-refractivity contribution in [2.45, 2.75) is 146 Å². The molecule has 0 aliphatic carbocycles. The maximum Gasteiger partial charge on any atom is 0.189 e. The summed E-state index contributed by atoms with van der Waals surface area (Å²) in [6, 6.07) is 6.44. The Morgan fingerprint density at radius 3 is 0.568 bits per heavy atom. The van der Waals surface area contributed by atoms with E-state index in [1.54, 1.807) is 0 Å². The van der Waals surface area contributed by atoms with Crippen molar-refractivity contribution in [3.05, 3.63) is 0 Å². The van der Waals surface area contributed by atoms with Crippen LogP contribution in [-0.4, -0.2) is 49.7 Å². The minimum absolute atomic E-state index is 0. The fourth-order valence-corrected chi connectivity index (χ4v) is 15.2. The molecular formula is C30H72O4Si2Zr. The van der Waals surface area contributed by atoms with Gasteiger partial charge in [0.25, 0.3) is 0 Å². The fourth-order valence-electron chi connectivity index (χ4n) is 5.06. The molecule has 0 aromatic carbocycles. The van der Waals surface area contributed by atoms with Gasteiger partial charge in [0.1, 0.15) is 0 Å². The van der Waals surface area contributed by atoms with Crippen LogP contribution in [0.15, 0.2) is 0 Å². The van der Waals surface area contributed by atoms with E-state index in [-0.39, 0.29) is 26.2 Å². The van der Waals surface area contributed by atoms with E-state index >= 15 is 0 Å². The third kappa shape index (κ3) is 41.8. The first-order valence-corrected chi connectivity index (χ1v) is 20.1. The molecule has 0 spiro atoms. The summed E-state index contributed by atoms with van der Waals surface area (Å²) >= 11 is 0. The first kappa shape index (κ1) is 47.9. The molecule has 0 saturated carbocycles. The van der Waals surface area contributed by atoms with Gasteiger partial charge in [-0.2, -0.15) is 0 Å². The molecule has 0 saturated heterocycles. The van der Waals surface area contributed by atoms with Gasteiger partial charge in [-0.15, -0.1) is 0 Å². The normalized spacial score (nSPS) is 11.7. The zero-order valence-electron chi connectivity index (χ0n) is 27.8. The minimum Gasteiger partial charge on any atom is -0.432 e. The van der Waals surface area contributed by atoms with Crippen LogP contribution in [0.3, 0.4) is 0 Å². The minimum atomic E-state index is -1.94. The molecule has 228 valence electrons. The summed E-state index contributed by atoms with van der Waals surface area (Å²) in [6.45, 7) is 31.2. The van der Waals surface area contributed by atoms with Gasteiger partial charge in [0.2, 0.25) is 0 Å². The second-order valence-corrected chi connectivity index (χ2v) is 20.8. The second kappa shape index (κ2) is 28.7. The summed E-state index contributed by atoms with van der Waals surface area (Å²) in [6.07, 6.45) is 1.75. The topological polar surface area (TPSA) is 80.9 Å². The van der Waals surface area contributed by atoms with Gasteiger partial charge in [0, 0.05) is 39.4 Å². The van der Waals surface area contributed by atoms with E-state index in [0.717, 1.165) is 49.1 Å². The van der Waals surface area contributed by atoms with Crippen molar-refractivity contribution < 1.29 is 46.0 Å². The van der Waals surface area contributed by atoms with Gasteiger partial charge in [0.15, 0.2) is 16.6 Å². The van der Waals surface area contributed by atoms with Crippen molar-refractivity contribution >= 4 is 16.6 Å². The summed E-state index contributed by atoms with van der Waals surface area (Å²) < 4.78 is 0. The largest absolute Gasteiger partial charge is 0.432 e. The molecule has 0 amide bonds. The average molecular weight is 644 g/mol. The summed E-state index contributed by atoms with van der Waals surface area (Å²) in [5.74, 6) is 3.86. The first-order valence-electron chi connectivity index (χ1n) is 15.0. The molecule has 0 rings (SSSR count). The van der Waals surface area contributed by atoms with Crippen LogP contribution in [0.4, 0.5) is 0 Å². The molecule has 0 aromatic heterocycles. The van der Waals surface area contributed by atoms with Crippen molar-refractivity contribution in [2.24, 2.45) is 35.5 Å². The van der Waals surface area contributed by atoms with Gasteiger partial charge < -0.3 is 19.8 Å². The van der Waals surface area contributed by atoms with Crippen molar-refractivity contribution in [2.75, 3.05) is 13.2 Å². The molecule has 0 unspecified atom stereocenters. The molecular weight excluding hydrogens is 572 g/mol. The Kier molecular flexibility index (Phi) is 37.1. The number of aliphatic hydroxyl groups excluding tert-OH is 2. The van der Waals surface area contributed by atoms with Crippen LogP contribution in [0.5, 0.6) is 0 Å². The van der Waals surface area contributed by atoms with Gasteiger partial charge in [-0.3, -0.25) is 0 Å². The second-order valence-electron chi connectivity index (χ2n) is 13.5. The van der Waals surface area contributed by atoms with Gasteiger partial charge in [0.05, 0.1) is 0 Å². The van der Waals surface area contributed by atoms with Crippen molar-refractivity contribution in [3.8, 4) is 0 Å². The Labute approximate surface area is 256 Å². The van der Waals surface area contributed by atoms with Crippen LogP contribution in [0, 0.1) is 35.5 Å². The van der Waals surface area contributed by atoms with E-state index in [9.17, 15) is 9.59 Å². The fraction of sp³-hybridized carbons (Fsp3) is 1.00. The summed E-state index contributed by atoms with van der Waals surface area (Å²) in [7, 11) is -3.88. The smallest absolute Gasteiger partial charge is 0.189 e. The molecule has 0 radical (unpaired) electrons. The van der Waals surface area contributed by atoms with Gasteiger partial charge >= 0.3 is 0 Å². The van der Waals surface area contributed by atoms with Crippen molar-refractivity contribution in [1.29, 1.82) is 0 Å². The van der Waals surface area contributed by atoms with Crippen LogP contribution in [0.25, 0.3) is 0 Å². The van der Waals surface area contributed by atoms with Crippen molar-refractivity contribution in [1.82, 2.24) is 0 Å². The summed E-state index contributed by atoms with van der Waals surface area (Å²) in [5.41, 5.74) is 0. The van der Waals surface area contributed by atoms with Crippen LogP contribution in [0.2, 0.25) is 36.3 Å². The number of aliphatic hydroxyl groups is 2. The molecule has 4 nitrogen and oxygen atoms in total. The molecule has 0 heterocycles. The van der Waals surface area contributed by atoms with Gasteiger partial charge in [-0.25, -0.2) is 0 Å². The maximum atomic E-state index is 10.7. The van der Waals surface area contributed by atoms with Crippen LogP contribution < -0.4 is 0 Å². The zero-order chi connectivity index (χ0) is 29.5. The molecule has 37 heavy (non-hydrogen) atoms. The third-order valence-electron chi connectivity index (χ3n) is 5.18. The molecule has 0 bridgehead atoms. The Hall–Kier alpha value is 1.16. The van der Waals surface area contributed by atoms with Gasteiger partial charge in [-0.05, 0) is 84.6 Å². The predicted molar refractivity (Wildman–Crippen MR) is 169 cm³/mol. The van der Waals surface area contributed by atoms with E-state index in [1.165, 1.54) is 0 Å². The number of hydrogen-bond acceptors (Lipinski definition) is 4. The van der Waals surface area contributed by atoms with Crippen LogP contribution in [0.1, 0.15) is 110 Å². The van der Waals surface area contributed by atoms with E-state index < -0.39 is 16.6 Å². The quantitative estimate of drug-likeness (QED) is 0.143. The van der Waals surface area contributed by atoms with Crippen LogP contribution in [-0.2, 0) is 26.2 Å². The first-order chi connectivity index (χ1) is 16.3. The molecule has 0 fully saturated rings. The molecule has 0 atom stereocenters. The van der Waals surface area contributed by atoms with Crippen molar-refractivity contribution in [3.63, 3.8) is 0 Å². The number of rotatable bonds is 14. The van der Waals surface area contributed by atoms with E-state index in [4.69, 9.17) is 10.2 Å². The monoisotopic (exact) mass is 642 g/mol. The van der Waals surface area contributed by atoms with Crippen LogP contribution >= 0.6 is 0 Å². The standard InChI is InChI=1S/2C12H28OSi.2C3H8O.Zr/c2*1-10(2)7-14(13,8-11(3)4)9-12(5)6;2*1-2-3-4;/h2*10-13H,7-9H2,1-6H3;2*4H,2-3H2,1H3;. The predicted octanol–water partition coefficient (Wildman–Crippen LogP) is 8.56. The summed E-state index contributed by atoms with van der Waals surface area (Å²) in [5, 5.41) is 15.8. The average Bonchev–Trinajstić information content (AvgIpc) is 2.64. The molecule has 0 aromatic rings. The molecule has 4 N–H and O–H groups in total. The molecule has 7 heteroatoms. The van der Waals surface area contributed by atoms with E-state index in [2.05, 4.69) is 83.1 Å². The third-order valence-corrected chi connectivity index (χ3v) is 14.6. The Bertz CT molecular complexity index is 348.